The summed E-state index contributed by atoms with van der Waals surface area (Å²) in [7, 11) is 0. The number of carbonyl (C=O) groups is 1. The van der Waals surface area contributed by atoms with Crippen molar-refractivity contribution < 1.29 is 24.9 Å². The Labute approximate surface area is 98.1 Å². The molecule has 1 fully saturated rings. The standard InChI is InChI=1S/C11H15NO5/c1-6-2-7(4-13)12(3-6)11-10(16)9(15)8(5-14)17-11/h2-4,8-11,14-16H,5H2,1H3/t8-,9?,10?,11-/m1/s1. The summed E-state index contributed by atoms with van der Waals surface area (Å²) in [6.45, 7) is 1.43. The van der Waals surface area contributed by atoms with Crippen molar-refractivity contribution >= 4 is 6.29 Å². The van der Waals surface area contributed by atoms with Crippen LogP contribution in [0, 0.1) is 6.92 Å². The smallest absolute Gasteiger partial charge is 0.166 e. The third-order valence-corrected chi connectivity index (χ3v) is 2.93. The van der Waals surface area contributed by atoms with Crippen LogP contribution in [0.3, 0.4) is 0 Å². The van der Waals surface area contributed by atoms with Crippen LogP contribution < -0.4 is 0 Å². The maximum Gasteiger partial charge on any atom is 0.166 e. The van der Waals surface area contributed by atoms with Crippen LogP contribution in [-0.4, -0.2) is 51.1 Å². The number of aldehydes is 1. The molecule has 94 valence electrons. The van der Waals surface area contributed by atoms with E-state index in [0.717, 1.165) is 5.56 Å². The minimum absolute atomic E-state index is 0.359. The van der Waals surface area contributed by atoms with Crippen LogP contribution in [0.4, 0.5) is 0 Å². The summed E-state index contributed by atoms with van der Waals surface area (Å²) in [4.78, 5) is 10.9. The molecule has 2 unspecified atom stereocenters. The monoisotopic (exact) mass is 241 g/mol. The number of ether oxygens (including phenoxy) is 1. The second-order valence-electron chi connectivity index (χ2n) is 4.20. The van der Waals surface area contributed by atoms with Gasteiger partial charge in [0.2, 0.25) is 0 Å². The summed E-state index contributed by atoms with van der Waals surface area (Å²) >= 11 is 0. The summed E-state index contributed by atoms with van der Waals surface area (Å²) in [6, 6.07) is 1.65. The van der Waals surface area contributed by atoms with Crippen molar-refractivity contribution in [1.82, 2.24) is 4.57 Å². The molecule has 2 heterocycles. The van der Waals surface area contributed by atoms with E-state index in [2.05, 4.69) is 0 Å². The van der Waals surface area contributed by atoms with Gasteiger partial charge < -0.3 is 24.6 Å². The fraction of sp³-hybridized carbons (Fsp3) is 0.545. The summed E-state index contributed by atoms with van der Waals surface area (Å²) in [5.74, 6) is 0. The van der Waals surface area contributed by atoms with Crippen LogP contribution in [0.5, 0.6) is 0 Å². The molecule has 0 radical (unpaired) electrons. The second kappa shape index (κ2) is 4.58. The normalized spacial score (nSPS) is 32.9. The number of aromatic nitrogens is 1. The van der Waals surface area contributed by atoms with E-state index >= 15 is 0 Å². The molecular formula is C11H15NO5. The van der Waals surface area contributed by atoms with E-state index in [9.17, 15) is 15.0 Å². The second-order valence-corrected chi connectivity index (χ2v) is 4.20. The lowest BCUT2D eigenvalue weighted by Crippen LogP contribution is -2.33. The van der Waals surface area contributed by atoms with Crippen LogP contribution >= 0.6 is 0 Å². The van der Waals surface area contributed by atoms with Gasteiger partial charge in [-0.05, 0) is 18.6 Å². The van der Waals surface area contributed by atoms with E-state index in [1.54, 1.807) is 12.3 Å². The topological polar surface area (TPSA) is 91.9 Å². The summed E-state index contributed by atoms with van der Waals surface area (Å²) < 4.78 is 6.80. The first-order valence-electron chi connectivity index (χ1n) is 5.34. The van der Waals surface area contributed by atoms with E-state index in [4.69, 9.17) is 9.84 Å². The van der Waals surface area contributed by atoms with Crippen LogP contribution in [-0.2, 0) is 4.74 Å². The number of aliphatic hydroxyl groups excluding tert-OH is 3. The van der Waals surface area contributed by atoms with Gasteiger partial charge in [-0.25, -0.2) is 0 Å². The van der Waals surface area contributed by atoms with E-state index in [0.29, 0.717) is 12.0 Å². The number of carbonyl (C=O) groups excluding carboxylic acids is 1. The molecule has 3 N–H and O–H groups in total. The Kier molecular flexibility index (Phi) is 3.30. The summed E-state index contributed by atoms with van der Waals surface area (Å²) in [5.41, 5.74) is 1.21. The maximum atomic E-state index is 10.9. The van der Waals surface area contributed by atoms with E-state index in [1.165, 1.54) is 4.57 Å². The first-order chi connectivity index (χ1) is 8.08. The zero-order chi connectivity index (χ0) is 12.6. The number of aryl methyl sites for hydroxylation is 1. The van der Waals surface area contributed by atoms with Gasteiger partial charge in [0.05, 0.1) is 12.3 Å². The van der Waals surface area contributed by atoms with Gasteiger partial charge in [0.1, 0.15) is 18.3 Å². The highest BCUT2D eigenvalue weighted by Gasteiger charge is 2.43. The van der Waals surface area contributed by atoms with Gasteiger partial charge >= 0.3 is 0 Å². The molecule has 1 aromatic rings. The number of aliphatic hydroxyl groups is 3. The van der Waals surface area contributed by atoms with Crippen molar-refractivity contribution in [2.75, 3.05) is 6.61 Å². The number of nitrogens with zero attached hydrogens (tertiary/aromatic N) is 1. The largest absolute Gasteiger partial charge is 0.394 e. The number of rotatable bonds is 3. The number of hydrogen-bond donors (Lipinski definition) is 3. The molecule has 17 heavy (non-hydrogen) atoms. The van der Waals surface area contributed by atoms with Crippen molar-refractivity contribution in [1.29, 1.82) is 0 Å². The zero-order valence-corrected chi connectivity index (χ0v) is 9.35. The third kappa shape index (κ3) is 2.00. The third-order valence-electron chi connectivity index (χ3n) is 2.93. The summed E-state index contributed by atoms with van der Waals surface area (Å²) in [6.07, 6.45) is -1.70. The lowest BCUT2D eigenvalue weighted by molar-refractivity contribution is -0.0531. The minimum Gasteiger partial charge on any atom is -0.394 e. The Morgan fingerprint density at radius 3 is 2.71 bits per heavy atom. The summed E-state index contributed by atoms with van der Waals surface area (Å²) in [5, 5.41) is 28.4. The molecule has 4 atom stereocenters. The average Bonchev–Trinajstić information content (AvgIpc) is 2.82. The van der Waals surface area contributed by atoms with Crippen molar-refractivity contribution in [3.63, 3.8) is 0 Å². The molecule has 0 aromatic carbocycles. The maximum absolute atomic E-state index is 10.9. The molecule has 0 amide bonds. The predicted molar refractivity (Wildman–Crippen MR) is 57.6 cm³/mol. The molecule has 1 aromatic heterocycles. The van der Waals surface area contributed by atoms with E-state index < -0.39 is 24.5 Å². The van der Waals surface area contributed by atoms with Gasteiger partial charge in [-0.2, -0.15) is 0 Å². The quantitative estimate of drug-likeness (QED) is 0.604. The zero-order valence-electron chi connectivity index (χ0n) is 9.35. The van der Waals surface area contributed by atoms with E-state index in [-0.39, 0.29) is 6.61 Å². The molecule has 2 rings (SSSR count). The molecule has 6 nitrogen and oxygen atoms in total. The lowest BCUT2D eigenvalue weighted by Gasteiger charge is -2.17. The van der Waals surface area contributed by atoms with Gasteiger partial charge in [0.15, 0.2) is 12.5 Å². The molecule has 6 heteroatoms. The molecule has 0 saturated carbocycles. The molecule has 0 aliphatic carbocycles. The SMILES string of the molecule is Cc1cc(C=O)n([C@@H]2O[C@H](CO)C(O)C2O)c1. The molecule has 1 saturated heterocycles. The van der Waals surface area contributed by atoms with Gasteiger partial charge in [-0.1, -0.05) is 0 Å². The van der Waals surface area contributed by atoms with Crippen LogP contribution in [0.2, 0.25) is 0 Å². The van der Waals surface area contributed by atoms with Crippen LogP contribution in [0.15, 0.2) is 12.3 Å². The van der Waals surface area contributed by atoms with E-state index in [1.807, 2.05) is 6.92 Å². The predicted octanol–water partition coefficient (Wildman–Crippen LogP) is -0.779. The van der Waals surface area contributed by atoms with Crippen molar-refractivity contribution in [3.8, 4) is 0 Å². The highest BCUT2D eigenvalue weighted by atomic mass is 16.6. The van der Waals surface area contributed by atoms with Crippen molar-refractivity contribution in [2.45, 2.75) is 31.5 Å². The number of hydrogen-bond acceptors (Lipinski definition) is 5. The fourth-order valence-electron chi connectivity index (χ4n) is 2.06. The van der Waals surface area contributed by atoms with Crippen molar-refractivity contribution in [3.05, 3.63) is 23.5 Å². The highest BCUT2D eigenvalue weighted by Crippen LogP contribution is 2.30. The van der Waals surface area contributed by atoms with Crippen molar-refractivity contribution in [2.24, 2.45) is 0 Å². The molecular weight excluding hydrogens is 226 g/mol. The Bertz CT molecular complexity index is 416. The molecule has 1 aliphatic heterocycles. The molecule has 0 bridgehead atoms. The Morgan fingerprint density at radius 1 is 1.47 bits per heavy atom. The van der Waals surface area contributed by atoms with Gasteiger partial charge in [0, 0.05) is 6.20 Å². The fourth-order valence-corrected chi connectivity index (χ4v) is 2.06. The van der Waals surface area contributed by atoms with Gasteiger partial charge in [-0.15, -0.1) is 0 Å². The Hall–Kier alpha value is -1.21. The Morgan fingerprint density at radius 2 is 2.18 bits per heavy atom. The van der Waals surface area contributed by atoms with Gasteiger partial charge in [-0.3, -0.25) is 4.79 Å². The highest BCUT2D eigenvalue weighted by molar-refractivity contribution is 5.73. The molecule has 1 aliphatic rings. The molecule has 0 spiro atoms. The Balaban J connectivity index is 2.31. The average molecular weight is 241 g/mol. The van der Waals surface area contributed by atoms with Gasteiger partial charge in [0.25, 0.3) is 0 Å². The lowest BCUT2D eigenvalue weighted by atomic mass is 10.1. The first-order valence-corrected chi connectivity index (χ1v) is 5.34. The minimum atomic E-state index is -1.17. The van der Waals surface area contributed by atoms with Crippen LogP contribution in [0.1, 0.15) is 22.3 Å². The first kappa shape index (κ1) is 12.3. The van der Waals surface area contributed by atoms with Crippen LogP contribution in [0.25, 0.3) is 0 Å².